The number of rotatable bonds is 5. The minimum atomic E-state index is -0.509. The molecular weight excluding hydrogens is 244 g/mol. The molecule has 0 aliphatic heterocycles. The highest BCUT2D eigenvalue weighted by molar-refractivity contribution is 5.81. The molecule has 1 amide bonds. The molecule has 1 N–H and O–H groups in total. The Hall–Kier alpha value is -1.91. The maximum absolute atomic E-state index is 11.6. The number of carbonyl (C=O) groups is 2. The van der Waals surface area contributed by atoms with E-state index in [1.807, 2.05) is 12.1 Å². The third-order valence-corrected chi connectivity index (χ3v) is 2.22. The lowest BCUT2D eigenvalue weighted by atomic mass is 10.2. The van der Waals surface area contributed by atoms with E-state index in [2.05, 4.69) is 10.3 Å². The molecule has 5 nitrogen and oxygen atoms in total. The van der Waals surface area contributed by atoms with Crippen molar-refractivity contribution in [2.75, 3.05) is 0 Å². The van der Waals surface area contributed by atoms with Gasteiger partial charge in [-0.1, -0.05) is 0 Å². The van der Waals surface area contributed by atoms with E-state index in [0.29, 0.717) is 6.54 Å². The second-order valence-corrected chi connectivity index (χ2v) is 5.22. The van der Waals surface area contributed by atoms with E-state index >= 15 is 0 Å². The highest BCUT2D eigenvalue weighted by atomic mass is 16.6. The van der Waals surface area contributed by atoms with Crippen LogP contribution in [0.25, 0.3) is 0 Å². The largest absolute Gasteiger partial charge is 0.460 e. The van der Waals surface area contributed by atoms with Gasteiger partial charge in [-0.3, -0.25) is 14.6 Å². The minimum absolute atomic E-state index is 0.0967. The van der Waals surface area contributed by atoms with Crippen LogP contribution in [0, 0.1) is 0 Å². The maximum atomic E-state index is 11.6. The molecule has 0 aliphatic rings. The molecular formula is C14H20N2O3. The fraction of sp³-hybridized carbons (Fsp3) is 0.500. The summed E-state index contributed by atoms with van der Waals surface area (Å²) in [5.74, 6) is -0.519. The number of amides is 1. The SMILES string of the molecule is CC(C)(C)OC(=O)CCC(=O)NCc1ccncc1. The molecule has 0 aliphatic carbocycles. The van der Waals surface area contributed by atoms with Crippen molar-refractivity contribution in [3.8, 4) is 0 Å². The standard InChI is InChI=1S/C14H20N2O3/c1-14(2,3)19-13(18)5-4-12(17)16-10-11-6-8-15-9-7-11/h6-9H,4-5,10H2,1-3H3,(H,16,17). The Kier molecular flexibility index (Phi) is 5.48. The number of ether oxygens (including phenoxy) is 1. The highest BCUT2D eigenvalue weighted by Gasteiger charge is 2.16. The molecule has 0 bridgehead atoms. The summed E-state index contributed by atoms with van der Waals surface area (Å²) in [4.78, 5) is 26.9. The summed E-state index contributed by atoms with van der Waals surface area (Å²) in [7, 11) is 0. The molecule has 1 heterocycles. The first kappa shape index (κ1) is 15.1. The topological polar surface area (TPSA) is 68.3 Å². The summed E-state index contributed by atoms with van der Waals surface area (Å²) >= 11 is 0. The summed E-state index contributed by atoms with van der Waals surface area (Å²) < 4.78 is 5.12. The number of hydrogen-bond donors (Lipinski definition) is 1. The Morgan fingerprint density at radius 3 is 2.42 bits per heavy atom. The molecule has 0 fully saturated rings. The summed E-state index contributed by atoms with van der Waals surface area (Å²) in [6.45, 7) is 5.84. The van der Waals surface area contributed by atoms with Crippen molar-refractivity contribution in [2.24, 2.45) is 0 Å². The minimum Gasteiger partial charge on any atom is -0.460 e. The van der Waals surface area contributed by atoms with Crippen molar-refractivity contribution in [3.05, 3.63) is 30.1 Å². The molecule has 5 heteroatoms. The van der Waals surface area contributed by atoms with Crippen molar-refractivity contribution in [2.45, 2.75) is 45.8 Å². The van der Waals surface area contributed by atoms with Crippen LogP contribution >= 0.6 is 0 Å². The van der Waals surface area contributed by atoms with Gasteiger partial charge in [-0.25, -0.2) is 0 Å². The lowest BCUT2D eigenvalue weighted by Gasteiger charge is -2.19. The summed E-state index contributed by atoms with van der Waals surface area (Å²) in [5.41, 5.74) is 0.463. The maximum Gasteiger partial charge on any atom is 0.306 e. The van der Waals surface area contributed by atoms with Crippen LogP contribution in [0.2, 0.25) is 0 Å². The van der Waals surface area contributed by atoms with E-state index in [1.54, 1.807) is 33.2 Å². The third-order valence-electron chi connectivity index (χ3n) is 2.22. The molecule has 104 valence electrons. The van der Waals surface area contributed by atoms with E-state index in [-0.39, 0.29) is 24.7 Å². The van der Waals surface area contributed by atoms with Crippen molar-refractivity contribution in [1.29, 1.82) is 0 Å². The van der Waals surface area contributed by atoms with Crippen molar-refractivity contribution in [1.82, 2.24) is 10.3 Å². The molecule has 0 unspecified atom stereocenters. The van der Waals surface area contributed by atoms with Crippen LogP contribution in [0.1, 0.15) is 39.2 Å². The fourth-order valence-electron chi connectivity index (χ4n) is 1.40. The lowest BCUT2D eigenvalue weighted by molar-refractivity contribution is -0.155. The van der Waals surface area contributed by atoms with Crippen LogP contribution in [0.5, 0.6) is 0 Å². The van der Waals surface area contributed by atoms with Crippen LogP contribution in [0.4, 0.5) is 0 Å². The predicted molar refractivity (Wildman–Crippen MR) is 71.2 cm³/mol. The number of aromatic nitrogens is 1. The van der Waals surface area contributed by atoms with Gasteiger partial charge in [-0.15, -0.1) is 0 Å². The molecule has 0 saturated carbocycles. The van der Waals surface area contributed by atoms with Crippen LogP contribution in [0.15, 0.2) is 24.5 Å². The van der Waals surface area contributed by atoms with Crippen molar-refractivity contribution in [3.63, 3.8) is 0 Å². The van der Waals surface area contributed by atoms with Crippen LogP contribution in [-0.4, -0.2) is 22.5 Å². The van der Waals surface area contributed by atoms with Crippen molar-refractivity contribution < 1.29 is 14.3 Å². The Balaban J connectivity index is 2.23. The Morgan fingerprint density at radius 2 is 1.84 bits per heavy atom. The van der Waals surface area contributed by atoms with E-state index in [1.165, 1.54) is 0 Å². The molecule has 0 radical (unpaired) electrons. The Morgan fingerprint density at radius 1 is 1.21 bits per heavy atom. The van der Waals surface area contributed by atoms with E-state index in [9.17, 15) is 9.59 Å². The number of esters is 1. The van der Waals surface area contributed by atoms with Gasteiger partial charge in [0.05, 0.1) is 6.42 Å². The first-order chi connectivity index (χ1) is 8.87. The molecule has 1 aromatic rings. The molecule has 19 heavy (non-hydrogen) atoms. The second kappa shape index (κ2) is 6.87. The quantitative estimate of drug-likeness (QED) is 0.824. The predicted octanol–water partition coefficient (Wildman–Crippen LogP) is 1.82. The average molecular weight is 264 g/mol. The molecule has 0 aromatic carbocycles. The first-order valence-corrected chi connectivity index (χ1v) is 6.24. The zero-order chi connectivity index (χ0) is 14.3. The summed E-state index contributed by atoms with van der Waals surface area (Å²) in [6.07, 6.45) is 3.57. The second-order valence-electron chi connectivity index (χ2n) is 5.22. The number of pyridine rings is 1. The first-order valence-electron chi connectivity index (χ1n) is 6.24. The van der Waals surface area contributed by atoms with Crippen molar-refractivity contribution >= 4 is 11.9 Å². The third kappa shape index (κ3) is 7.18. The number of carbonyl (C=O) groups excluding carboxylic acids is 2. The normalized spacial score (nSPS) is 10.9. The van der Waals surface area contributed by atoms with Gasteiger partial charge in [-0.2, -0.15) is 0 Å². The summed E-state index contributed by atoms with van der Waals surface area (Å²) in [5, 5.41) is 2.74. The smallest absolute Gasteiger partial charge is 0.306 e. The molecule has 0 saturated heterocycles. The number of nitrogens with one attached hydrogen (secondary N) is 1. The van der Waals surface area contributed by atoms with Gasteiger partial charge in [0.2, 0.25) is 5.91 Å². The molecule has 0 spiro atoms. The average Bonchev–Trinajstić information content (AvgIpc) is 2.33. The number of hydrogen-bond acceptors (Lipinski definition) is 4. The molecule has 1 rings (SSSR count). The van der Waals surface area contributed by atoms with Crippen LogP contribution in [-0.2, 0) is 20.9 Å². The van der Waals surface area contributed by atoms with Gasteiger partial charge in [-0.05, 0) is 38.5 Å². The number of nitrogens with zero attached hydrogens (tertiary/aromatic N) is 1. The lowest BCUT2D eigenvalue weighted by Crippen LogP contribution is -2.26. The molecule has 1 aromatic heterocycles. The Labute approximate surface area is 113 Å². The van der Waals surface area contributed by atoms with Gasteiger partial charge >= 0.3 is 5.97 Å². The monoisotopic (exact) mass is 264 g/mol. The zero-order valence-electron chi connectivity index (χ0n) is 11.6. The van der Waals surface area contributed by atoms with Gasteiger partial charge in [0.15, 0.2) is 0 Å². The van der Waals surface area contributed by atoms with E-state index < -0.39 is 5.60 Å². The van der Waals surface area contributed by atoms with Crippen LogP contribution < -0.4 is 5.32 Å². The van der Waals surface area contributed by atoms with Gasteiger partial charge < -0.3 is 10.1 Å². The van der Waals surface area contributed by atoms with E-state index in [4.69, 9.17) is 4.74 Å². The van der Waals surface area contributed by atoms with Gasteiger partial charge in [0.1, 0.15) is 5.60 Å². The van der Waals surface area contributed by atoms with Gasteiger partial charge in [0, 0.05) is 25.4 Å². The molecule has 0 atom stereocenters. The fourth-order valence-corrected chi connectivity index (χ4v) is 1.40. The van der Waals surface area contributed by atoms with E-state index in [0.717, 1.165) is 5.56 Å². The van der Waals surface area contributed by atoms with Gasteiger partial charge in [0.25, 0.3) is 0 Å². The Bertz CT molecular complexity index is 424. The summed E-state index contributed by atoms with van der Waals surface area (Å²) in [6, 6.07) is 3.66. The zero-order valence-corrected chi connectivity index (χ0v) is 11.6. The highest BCUT2D eigenvalue weighted by Crippen LogP contribution is 2.09. The van der Waals surface area contributed by atoms with Crippen LogP contribution in [0.3, 0.4) is 0 Å².